The molecule has 2 fully saturated rings. The molecule has 1 saturated heterocycles. The van der Waals surface area contributed by atoms with Crippen molar-refractivity contribution in [2.75, 3.05) is 13.1 Å². The normalized spacial score (nSPS) is 20.1. The Bertz CT molecular complexity index is 460. The average molecular weight is 291 g/mol. The Balaban J connectivity index is 1.48. The van der Waals surface area contributed by atoms with Crippen molar-refractivity contribution in [1.82, 2.24) is 25.2 Å². The maximum atomic E-state index is 12.3. The van der Waals surface area contributed by atoms with Crippen LogP contribution in [0, 0.1) is 0 Å². The van der Waals surface area contributed by atoms with Gasteiger partial charge in [0.25, 0.3) is 0 Å². The monoisotopic (exact) mass is 291 g/mol. The molecular weight excluding hydrogens is 266 g/mol. The number of nitrogens with zero attached hydrogens (tertiary/aromatic N) is 4. The summed E-state index contributed by atoms with van der Waals surface area (Å²) in [5.74, 6) is 0.170. The third-order valence-electron chi connectivity index (χ3n) is 4.24. The van der Waals surface area contributed by atoms with Crippen LogP contribution in [0.1, 0.15) is 50.6 Å². The van der Waals surface area contributed by atoms with Gasteiger partial charge in [-0.25, -0.2) is 4.68 Å². The molecule has 1 aliphatic carbocycles. The van der Waals surface area contributed by atoms with Crippen molar-refractivity contribution in [3.63, 3.8) is 0 Å². The Morgan fingerprint density at radius 1 is 1.19 bits per heavy atom. The summed E-state index contributed by atoms with van der Waals surface area (Å²) in [6.07, 6.45) is 10.5. The minimum atomic E-state index is 0.170. The molecule has 0 unspecified atom stereocenters. The molecule has 6 heteroatoms. The Kier molecular flexibility index (Phi) is 4.85. The van der Waals surface area contributed by atoms with Gasteiger partial charge in [0.2, 0.25) is 5.91 Å². The molecule has 0 atom stereocenters. The molecule has 1 saturated carbocycles. The number of nitrogens with one attached hydrogen (secondary N) is 1. The summed E-state index contributed by atoms with van der Waals surface area (Å²) in [4.78, 5) is 14.3. The molecule has 1 aromatic heterocycles. The minimum absolute atomic E-state index is 0.170. The van der Waals surface area contributed by atoms with Gasteiger partial charge in [-0.05, 0) is 25.7 Å². The largest absolute Gasteiger partial charge is 0.341 e. The zero-order valence-electron chi connectivity index (χ0n) is 12.6. The summed E-state index contributed by atoms with van der Waals surface area (Å²) < 4.78 is 1.67. The Morgan fingerprint density at radius 3 is 2.62 bits per heavy atom. The van der Waals surface area contributed by atoms with E-state index in [0.29, 0.717) is 12.6 Å². The van der Waals surface area contributed by atoms with Gasteiger partial charge in [0, 0.05) is 25.7 Å². The molecule has 1 aromatic rings. The summed E-state index contributed by atoms with van der Waals surface area (Å²) in [6, 6.07) is 0.665. The summed E-state index contributed by atoms with van der Waals surface area (Å²) in [6.45, 7) is 2.85. The van der Waals surface area contributed by atoms with E-state index >= 15 is 0 Å². The lowest BCUT2D eigenvalue weighted by molar-refractivity contribution is -0.132. The van der Waals surface area contributed by atoms with Crippen LogP contribution in [0.3, 0.4) is 0 Å². The van der Waals surface area contributed by atoms with Crippen molar-refractivity contribution in [3.05, 3.63) is 11.9 Å². The molecule has 0 aromatic carbocycles. The molecule has 0 radical (unpaired) electrons. The van der Waals surface area contributed by atoms with Crippen LogP contribution in [0.4, 0.5) is 0 Å². The Hall–Kier alpha value is -1.43. The molecule has 1 amide bonds. The van der Waals surface area contributed by atoms with Crippen LogP contribution in [0.25, 0.3) is 0 Å². The van der Waals surface area contributed by atoms with Crippen molar-refractivity contribution in [1.29, 1.82) is 0 Å². The number of rotatable bonds is 5. The van der Waals surface area contributed by atoms with Gasteiger partial charge in [0.1, 0.15) is 6.54 Å². The van der Waals surface area contributed by atoms with Gasteiger partial charge in [-0.1, -0.05) is 24.5 Å². The van der Waals surface area contributed by atoms with Crippen LogP contribution in [0.5, 0.6) is 0 Å². The van der Waals surface area contributed by atoms with Gasteiger partial charge in [-0.2, -0.15) is 0 Å². The van der Waals surface area contributed by atoms with Gasteiger partial charge in [-0.15, -0.1) is 5.10 Å². The second kappa shape index (κ2) is 7.02. The molecule has 116 valence electrons. The van der Waals surface area contributed by atoms with Crippen molar-refractivity contribution >= 4 is 5.91 Å². The SMILES string of the molecule is O=C(Cn1cc(CNC2CC2)nn1)N1CCCCCCC1. The number of amides is 1. The topological polar surface area (TPSA) is 63.1 Å². The van der Waals surface area contributed by atoms with E-state index in [1.807, 2.05) is 11.1 Å². The third kappa shape index (κ3) is 4.52. The second-order valence-electron chi connectivity index (χ2n) is 6.21. The van der Waals surface area contributed by atoms with E-state index in [4.69, 9.17) is 0 Å². The number of hydrogen-bond donors (Lipinski definition) is 1. The van der Waals surface area contributed by atoms with E-state index in [-0.39, 0.29) is 5.91 Å². The summed E-state index contributed by atoms with van der Waals surface area (Å²) in [5.41, 5.74) is 0.919. The Morgan fingerprint density at radius 2 is 1.90 bits per heavy atom. The van der Waals surface area contributed by atoms with Gasteiger partial charge < -0.3 is 10.2 Å². The van der Waals surface area contributed by atoms with E-state index in [1.54, 1.807) is 4.68 Å². The summed E-state index contributed by atoms with van der Waals surface area (Å²) >= 11 is 0. The van der Waals surface area contributed by atoms with Crippen LogP contribution in [0.2, 0.25) is 0 Å². The molecule has 0 spiro atoms. The molecule has 21 heavy (non-hydrogen) atoms. The highest BCUT2D eigenvalue weighted by Crippen LogP contribution is 2.18. The fraction of sp³-hybridized carbons (Fsp3) is 0.800. The predicted molar refractivity (Wildman–Crippen MR) is 79.5 cm³/mol. The lowest BCUT2D eigenvalue weighted by Gasteiger charge is -2.24. The number of aromatic nitrogens is 3. The molecule has 2 aliphatic rings. The number of likely N-dealkylation sites (tertiary alicyclic amines) is 1. The smallest absolute Gasteiger partial charge is 0.244 e. The third-order valence-corrected chi connectivity index (χ3v) is 4.24. The van der Waals surface area contributed by atoms with Crippen molar-refractivity contribution < 1.29 is 4.79 Å². The predicted octanol–water partition coefficient (Wildman–Crippen LogP) is 1.32. The first-order chi connectivity index (χ1) is 10.3. The first kappa shape index (κ1) is 14.5. The molecule has 1 aliphatic heterocycles. The first-order valence-corrected chi connectivity index (χ1v) is 8.21. The van der Waals surface area contributed by atoms with Crippen molar-refractivity contribution in [2.45, 2.75) is 64.1 Å². The Labute approximate surface area is 125 Å². The average Bonchev–Trinajstić information content (AvgIpc) is 3.16. The van der Waals surface area contributed by atoms with E-state index in [0.717, 1.165) is 38.2 Å². The standard InChI is InChI=1S/C15H25N5O/c21-15(19-8-4-2-1-3-5-9-19)12-20-11-14(17-18-20)10-16-13-6-7-13/h11,13,16H,1-10,12H2. The zero-order chi connectivity index (χ0) is 14.5. The number of carbonyl (C=O) groups excluding carboxylic acids is 1. The zero-order valence-corrected chi connectivity index (χ0v) is 12.6. The number of carbonyl (C=O) groups is 1. The first-order valence-electron chi connectivity index (χ1n) is 8.21. The highest BCUT2D eigenvalue weighted by Gasteiger charge is 2.21. The maximum Gasteiger partial charge on any atom is 0.244 e. The van der Waals surface area contributed by atoms with Crippen molar-refractivity contribution in [2.24, 2.45) is 0 Å². The molecule has 0 bridgehead atoms. The van der Waals surface area contributed by atoms with Crippen LogP contribution in [-0.2, 0) is 17.9 Å². The van der Waals surface area contributed by atoms with Crippen LogP contribution >= 0.6 is 0 Å². The van der Waals surface area contributed by atoms with E-state index < -0.39 is 0 Å². The fourth-order valence-corrected chi connectivity index (χ4v) is 2.77. The molecule has 2 heterocycles. The quantitative estimate of drug-likeness (QED) is 0.889. The van der Waals surface area contributed by atoms with E-state index in [1.165, 1.54) is 32.1 Å². The molecular formula is C15H25N5O. The maximum absolute atomic E-state index is 12.3. The van der Waals surface area contributed by atoms with Gasteiger partial charge in [0.15, 0.2) is 0 Å². The van der Waals surface area contributed by atoms with Gasteiger partial charge in [-0.3, -0.25) is 4.79 Å². The lowest BCUT2D eigenvalue weighted by Crippen LogP contribution is -2.36. The second-order valence-corrected chi connectivity index (χ2v) is 6.21. The van der Waals surface area contributed by atoms with Crippen LogP contribution in [-0.4, -0.2) is 44.9 Å². The summed E-state index contributed by atoms with van der Waals surface area (Å²) in [7, 11) is 0. The summed E-state index contributed by atoms with van der Waals surface area (Å²) in [5, 5.41) is 11.6. The van der Waals surface area contributed by atoms with Crippen LogP contribution < -0.4 is 5.32 Å². The van der Waals surface area contributed by atoms with Crippen LogP contribution in [0.15, 0.2) is 6.20 Å². The molecule has 6 nitrogen and oxygen atoms in total. The van der Waals surface area contributed by atoms with Crippen molar-refractivity contribution in [3.8, 4) is 0 Å². The molecule has 1 N–H and O–H groups in total. The molecule has 3 rings (SSSR count). The minimum Gasteiger partial charge on any atom is -0.341 e. The van der Waals surface area contributed by atoms with Gasteiger partial charge >= 0.3 is 0 Å². The highest BCUT2D eigenvalue weighted by molar-refractivity contribution is 5.75. The van der Waals surface area contributed by atoms with Gasteiger partial charge in [0.05, 0.1) is 11.9 Å². The highest BCUT2D eigenvalue weighted by atomic mass is 16.2. The van der Waals surface area contributed by atoms with E-state index in [2.05, 4.69) is 15.6 Å². The van der Waals surface area contributed by atoms with E-state index in [9.17, 15) is 4.79 Å². The lowest BCUT2D eigenvalue weighted by atomic mass is 10.1. The fourth-order valence-electron chi connectivity index (χ4n) is 2.77. The number of hydrogen-bond acceptors (Lipinski definition) is 4.